The minimum Gasteiger partial charge on any atom is -0.494 e. The van der Waals surface area contributed by atoms with Gasteiger partial charge < -0.3 is 9.47 Å². The van der Waals surface area contributed by atoms with Gasteiger partial charge in [-0.2, -0.15) is 0 Å². The first-order valence-corrected chi connectivity index (χ1v) is 8.64. The van der Waals surface area contributed by atoms with Crippen LogP contribution < -0.4 is 4.74 Å². The molecule has 0 unspecified atom stereocenters. The molecule has 0 atom stereocenters. The van der Waals surface area contributed by atoms with E-state index >= 15 is 0 Å². The molecule has 0 amide bonds. The molecule has 0 aliphatic heterocycles. The van der Waals surface area contributed by atoms with Crippen LogP contribution in [0.2, 0.25) is 0 Å². The van der Waals surface area contributed by atoms with Crippen molar-refractivity contribution in [2.24, 2.45) is 0 Å². The van der Waals surface area contributed by atoms with E-state index in [1.807, 2.05) is 24.3 Å². The molecule has 0 aliphatic rings. The van der Waals surface area contributed by atoms with E-state index in [1.165, 1.54) is 44.9 Å². The number of carbonyl (C=O) groups is 1. The van der Waals surface area contributed by atoms with Gasteiger partial charge in [0.05, 0.1) is 6.61 Å². The molecule has 0 spiro atoms. The number of ether oxygens (including phenoxy) is 2. The molecule has 1 rings (SSSR count). The van der Waals surface area contributed by atoms with Gasteiger partial charge in [0.1, 0.15) is 12.4 Å². The van der Waals surface area contributed by atoms with Gasteiger partial charge in [-0.1, -0.05) is 64.0 Å². The van der Waals surface area contributed by atoms with Crippen molar-refractivity contribution < 1.29 is 14.3 Å². The van der Waals surface area contributed by atoms with Crippen molar-refractivity contribution in [1.29, 1.82) is 0 Å². The largest absolute Gasteiger partial charge is 0.494 e. The lowest BCUT2D eigenvalue weighted by molar-refractivity contribution is 0.167. The molecule has 0 fully saturated rings. The van der Waals surface area contributed by atoms with Crippen LogP contribution in [0.3, 0.4) is 0 Å². The van der Waals surface area contributed by atoms with Crippen molar-refractivity contribution in [3.63, 3.8) is 0 Å². The zero-order valence-electron chi connectivity index (χ0n) is 13.5. The van der Waals surface area contributed by atoms with Gasteiger partial charge in [0.15, 0.2) is 0 Å². The van der Waals surface area contributed by atoms with Crippen LogP contribution in [0.15, 0.2) is 24.3 Å². The second-order valence-electron chi connectivity index (χ2n) is 5.49. The molecule has 1 aromatic carbocycles. The van der Waals surface area contributed by atoms with Gasteiger partial charge in [0.25, 0.3) is 0 Å². The van der Waals surface area contributed by atoms with E-state index in [0.717, 1.165) is 24.3 Å². The summed E-state index contributed by atoms with van der Waals surface area (Å²) >= 11 is 5.12. The molecule has 0 bridgehead atoms. The third kappa shape index (κ3) is 9.67. The fourth-order valence-corrected chi connectivity index (χ4v) is 2.30. The van der Waals surface area contributed by atoms with Crippen LogP contribution in [0, 0.1) is 0 Å². The first-order chi connectivity index (χ1) is 10.7. The summed E-state index contributed by atoms with van der Waals surface area (Å²) in [7, 11) is 0. The quantitative estimate of drug-likeness (QED) is 0.345. The lowest BCUT2D eigenvalue weighted by atomic mass is 10.1. The Morgan fingerprint density at radius 1 is 0.955 bits per heavy atom. The van der Waals surface area contributed by atoms with E-state index < -0.39 is 5.43 Å². The molecule has 0 radical (unpaired) electrons. The lowest BCUT2D eigenvalue weighted by Crippen LogP contribution is -1.98. The van der Waals surface area contributed by atoms with Crippen LogP contribution in [-0.2, 0) is 11.3 Å². The monoisotopic (exact) mass is 326 g/mol. The van der Waals surface area contributed by atoms with Gasteiger partial charge in [-0.15, -0.1) is 0 Å². The highest BCUT2D eigenvalue weighted by Crippen LogP contribution is 2.14. The summed E-state index contributed by atoms with van der Waals surface area (Å²) in [6, 6.07) is 7.54. The standard InChI is InChI=1S/C18H27ClO3/c1-2-3-4-5-6-7-8-9-14-21-17-12-10-16(11-13-17)15-22-18(19)20/h10-13H,2-9,14-15H2,1H3. The molecule has 4 heteroatoms. The molecule has 1 aromatic rings. The molecule has 124 valence electrons. The predicted molar refractivity (Wildman–Crippen MR) is 90.6 cm³/mol. The van der Waals surface area contributed by atoms with E-state index in [1.54, 1.807) is 0 Å². The maximum absolute atomic E-state index is 10.5. The maximum Gasteiger partial charge on any atom is 0.404 e. The normalized spacial score (nSPS) is 10.5. The molecule has 22 heavy (non-hydrogen) atoms. The van der Waals surface area contributed by atoms with E-state index in [-0.39, 0.29) is 6.61 Å². The van der Waals surface area contributed by atoms with Crippen molar-refractivity contribution in [2.75, 3.05) is 6.61 Å². The first kappa shape index (κ1) is 18.8. The zero-order chi connectivity index (χ0) is 16.0. The van der Waals surface area contributed by atoms with Gasteiger partial charge >= 0.3 is 5.43 Å². The van der Waals surface area contributed by atoms with E-state index in [2.05, 4.69) is 6.92 Å². The van der Waals surface area contributed by atoms with Crippen LogP contribution in [0.5, 0.6) is 5.75 Å². The average molecular weight is 327 g/mol. The van der Waals surface area contributed by atoms with Crippen molar-refractivity contribution >= 4 is 17.0 Å². The Morgan fingerprint density at radius 3 is 2.14 bits per heavy atom. The van der Waals surface area contributed by atoms with Crippen LogP contribution in [-0.4, -0.2) is 12.0 Å². The number of rotatable bonds is 12. The van der Waals surface area contributed by atoms with Crippen molar-refractivity contribution in [1.82, 2.24) is 0 Å². The second-order valence-corrected chi connectivity index (χ2v) is 5.80. The Balaban J connectivity index is 2.04. The highest BCUT2D eigenvalue weighted by Gasteiger charge is 1.99. The molecule has 0 saturated heterocycles. The van der Waals surface area contributed by atoms with Crippen LogP contribution in [0.4, 0.5) is 4.79 Å². The Bertz CT molecular complexity index is 403. The minimum absolute atomic E-state index is 0.195. The Labute approximate surface area is 139 Å². The van der Waals surface area contributed by atoms with Gasteiger partial charge in [-0.25, -0.2) is 4.79 Å². The molecule has 0 N–H and O–H groups in total. The highest BCUT2D eigenvalue weighted by atomic mass is 35.5. The van der Waals surface area contributed by atoms with Gasteiger partial charge in [-0.05, 0) is 24.1 Å². The van der Waals surface area contributed by atoms with Crippen LogP contribution in [0.25, 0.3) is 0 Å². The Hall–Kier alpha value is -1.22. The van der Waals surface area contributed by atoms with Crippen molar-refractivity contribution in [3.05, 3.63) is 29.8 Å². The summed E-state index contributed by atoms with van der Waals surface area (Å²) in [6.07, 6.45) is 10.4. The summed E-state index contributed by atoms with van der Waals surface area (Å²) < 4.78 is 10.4. The van der Waals surface area contributed by atoms with Gasteiger partial charge in [0.2, 0.25) is 0 Å². The Morgan fingerprint density at radius 2 is 1.55 bits per heavy atom. The zero-order valence-corrected chi connectivity index (χ0v) is 14.2. The fourth-order valence-electron chi connectivity index (χ4n) is 2.25. The summed E-state index contributed by atoms with van der Waals surface area (Å²) in [6.45, 7) is 3.19. The van der Waals surface area contributed by atoms with Crippen LogP contribution in [0.1, 0.15) is 63.9 Å². The molecule has 3 nitrogen and oxygen atoms in total. The third-order valence-electron chi connectivity index (χ3n) is 3.54. The van der Waals surface area contributed by atoms with Crippen molar-refractivity contribution in [2.45, 2.75) is 64.9 Å². The van der Waals surface area contributed by atoms with E-state index in [9.17, 15) is 4.79 Å². The highest BCUT2D eigenvalue weighted by molar-refractivity contribution is 6.61. The summed E-state index contributed by atoms with van der Waals surface area (Å²) in [5.74, 6) is 0.851. The minimum atomic E-state index is -0.782. The number of hydrogen-bond donors (Lipinski definition) is 0. The third-order valence-corrected chi connectivity index (χ3v) is 3.65. The second kappa shape index (κ2) is 12.3. The summed E-state index contributed by atoms with van der Waals surface area (Å²) in [4.78, 5) is 10.5. The van der Waals surface area contributed by atoms with Crippen LogP contribution >= 0.6 is 11.6 Å². The smallest absolute Gasteiger partial charge is 0.404 e. The van der Waals surface area contributed by atoms with Gasteiger partial charge in [-0.3, -0.25) is 0 Å². The summed E-state index contributed by atoms with van der Waals surface area (Å²) in [5, 5.41) is 0. The number of halogens is 1. The topological polar surface area (TPSA) is 35.5 Å². The van der Waals surface area contributed by atoms with E-state index in [4.69, 9.17) is 21.1 Å². The molecule has 0 aliphatic carbocycles. The van der Waals surface area contributed by atoms with Crippen molar-refractivity contribution in [3.8, 4) is 5.75 Å². The first-order valence-electron chi connectivity index (χ1n) is 8.26. The SMILES string of the molecule is CCCCCCCCCCOc1ccc(COC(=O)Cl)cc1. The predicted octanol–water partition coefficient (Wildman–Crippen LogP) is 6.08. The number of unbranched alkanes of at least 4 members (excludes halogenated alkanes) is 7. The van der Waals surface area contributed by atoms with Gasteiger partial charge in [0, 0.05) is 11.6 Å². The number of benzene rings is 1. The van der Waals surface area contributed by atoms with E-state index in [0.29, 0.717) is 0 Å². The average Bonchev–Trinajstić information content (AvgIpc) is 2.52. The fraction of sp³-hybridized carbons (Fsp3) is 0.611. The molecule has 0 heterocycles. The molecular formula is C18H27ClO3. The maximum atomic E-state index is 10.5. The summed E-state index contributed by atoms with van der Waals surface area (Å²) in [5.41, 5.74) is 0.114. The number of hydrogen-bond acceptors (Lipinski definition) is 3. The Kier molecular flexibility index (Phi) is 10.6. The molecular weight excluding hydrogens is 300 g/mol. The molecule has 0 aromatic heterocycles. The number of carbonyl (C=O) groups excluding carboxylic acids is 1. The molecule has 0 saturated carbocycles. The lowest BCUT2D eigenvalue weighted by Gasteiger charge is -2.07.